The van der Waals surface area contributed by atoms with Crippen molar-refractivity contribution in [3.63, 3.8) is 0 Å². The fraction of sp³-hybridized carbons (Fsp3) is 0.611. The van der Waals surface area contributed by atoms with Gasteiger partial charge in [-0.25, -0.2) is 0 Å². The molecule has 3 nitrogen and oxygen atoms in total. The summed E-state index contributed by atoms with van der Waals surface area (Å²) >= 11 is 0. The zero-order valence-corrected chi connectivity index (χ0v) is 12.7. The zero-order chi connectivity index (χ0) is 14.8. The number of aliphatic hydroxyl groups excluding tert-OH is 1. The molecular weight excluding hydrogens is 262 g/mol. The summed E-state index contributed by atoms with van der Waals surface area (Å²) in [5.74, 6) is 1.59. The van der Waals surface area contributed by atoms with Gasteiger partial charge in [-0.05, 0) is 43.1 Å². The third-order valence-electron chi connectivity index (χ3n) is 5.44. The largest absolute Gasteiger partial charge is 0.396 e. The molecule has 0 aromatic heterocycles. The van der Waals surface area contributed by atoms with E-state index in [1.807, 2.05) is 25.1 Å². The SMILES string of the molecule is CC(Cc1ccccc1)C(=O)NC1C2CCC(C2)C1CO. The standard InChI is InChI=1S/C18H25NO2/c1-12(9-13-5-3-2-4-6-13)18(21)19-17-15-8-7-14(10-15)16(17)11-20/h2-6,12,14-17,20H,7-11H2,1H3,(H,19,21). The maximum atomic E-state index is 12.4. The smallest absolute Gasteiger partial charge is 0.223 e. The van der Waals surface area contributed by atoms with Crippen molar-refractivity contribution in [1.29, 1.82) is 0 Å². The zero-order valence-electron chi connectivity index (χ0n) is 12.7. The van der Waals surface area contributed by atoms with Gasteiger partial charge in [0.2, 0.25) is 5.91 Å². The summed E-state index contributed by atoms with van der Waals surface area (Å²) in [4.78, 5) is 12.4. The Morgan fingerprint density at radius 2 is 2.00 bits per heavy atom. The fourth-order valence-corrected chi connectivity index (χ4v) is 4.26. The van der Waals surface area contributed by atoms with E-state index in [0.29, 0.717) is 11.8 Å². The van der Waals surface area contributed by atoms with Gasteiger partial charge in [0, 0.05) is 24.5 Å². The third-order valence-corrected chi connectivity index (χ3v) is 5.44. The molecule has 1 aromatic carbocycles. The Hall–Kier alpha value is -1.35. The third kappa shape index (κ3) is 2.98. The van der Waals surface area contributed by atoms with E-state index in [-0.39, 0.29) is 30.4 Å². The van der Waals surface area contributed by atoms with Gasteiger partial charge in [-0.2, -0.15) is 0 Å². The van der Waals surface area contributed by atoms with Gasteiger partial charge < -0.3 is 10.4 Å². The lowest BCUT2D eigenvalue weighted by atomic mass is 9.84. The number of carbonyl (C=O) groups excluding carboxylic acids is 1. The minimum atomic E-state index is -0.0223. The normalized spacial score (nSPS) is 32.1. The molecule has 0 heterocycles. The van der Waals surface area contributed by atoms with Crippen LogP contribution in [0.25, 0.3) is 0 Å². The first kappa shape index (κ1) is 14.6. The molecule has 2 aliphatic carbocycles. The first-order valence-electron chi connectivity index (χ1n) is 8.14. The van der Waals surface area contributed by atoms with E-state index in [1.54, 1.807) is 0 Å². The number of aliphatic hydroxyl groups is 1. The summed E-state index contributed by atoms with van der Waals surface area (Å²) in [7, 11) is 0. The highest BCUT2D eigenvalue weighted by Gasteiger charge is 2.47. The average molecular weight is 287 g/mol. The fourth-order valence-electron chi connectivity index (χ4n) is 4.26. The molecule has 5 atom stereocenters. The Kier molecular flexibility index (Phi) is 4.29. The van der Waals surface area contributed by atoms with Crippen LogP contribution in [-0.4, -0.2) is 23.7 Å². The van der Waals surface area contributed by atoms with Crippen molar-refractivity contribution in [3.05, 3.63) is 35.9 Å². The number of rotatable bonds is 5. The molecule has 1 aromatic rings. The van der Waals surface area contributed by atoms with Crippen molar-refractivity contribution in [2.45, 2.75) is 38.6 Å². The molecule has 2 N–H and O–H groups in total. The Labute approximate surface area is 126 Å². The van der Waals surface area contributed by atoms with Crippen molar-refractivity contribution >= 4 is 5.91 Å². The number of hydrogen-bond acceptors (Lipinski definition) is 2. The van der Waals surface area contributed by atoms with Crippen LogP contribution in [0.1, 0.15) is 31.7 Å². The van der Waals surface area contributed by atoms with Gasteiger partial charge in [-0.15, -0.1) is 0 Å². The maximum Gasteiger partial charge on any atom is 0.223 e. The van der Waals surface area contributed by atoms with E-state index in [9.17, 15) is 9.90 Å². The average Bonchev–Trinajstić information content (AvgIpc) is 3.09. The summed E-state index contributed by atoms with van der Waals surface area (Å²) in [5, 5.41) is 12.8. The second kappa shape index (κ2) is 6.18. The molecule has 21 heavy (non-hydrogen) atoms. The quantitative estimate of drug-likeness (QED) is 0.873. The van der Waals surface area contributed by atoms with Crippen LogP contribution in [0.2, 0.25) is 0 Å². The molecule has 0 radical (unpaired) electrons. The summed E-state index contributed by atoms with van der Waals surface area (Å²) in [6.07, 6.45) is 4.39. The van der Waals surface area contributed by atoms with Crippen molar-refractivity contribution in [3.8, 4) is 0 Å². The number of carbonyl (C=O) groups is 1. The number of fused-ring (bicyclic) bond motifs is 2. The molecule has 3 rings (SSSR count). The van der Waals surface area contributed by atoms with E-state index < -0.39 is 0 Å². The van der Waals surface area contributed by atoms with Gasteiger partial charge in [0.05, 0.1) is 0 Å². The first-order valence-corrected chi connectivity index (χ1v) is 8.14. The number of hydrogen-bond donors (Lipinski definition) is 2. The van der Waals surface area contributed by atoms with Gasteiger partial charge in [0.1, 0.15) is 0 Å². The van der Waals surface area contributed by atoms with Crippen molar-refractivity contribution in [2.75, 3.05) is 6.61 Å². The molecule has 2 aliphatic rings. The molecule has 2 saturated carbocycles. The van der Waals surface area contributed by atoms with Gasteiger partial charge in [0.15, 0.2) is 0 Å². The first-order chi connectivity index (χ1) is 10.2. The second-order valence-corrected chi connectivity index (χ2v) is 6.80. The van der Waals surface area contributed by atoms with Crippen LogP contribution < -0.4 is 5.32 Å². The monoisotopic (exact) mass is 287 g/mol. The maximum absolute atomic E-state index is 12.4. The van der Waals surface area contributed by atoms with Gasteiger partial charge in [-0.1, -0.05) is 37.3 Å². The lowest BCUT2D eigenvalue weighted by molar-refractivity contribution is -0.126. The molecule has 2 fully saturated rings. The molecule has 2 bridgehead atoms. The summed E-state index contributed by atoms with van der Waals surface area (Å²) in [6, 6.07) is 10.3. The van der Waals surface area contributed by atoms with E-state index in [0.717, 1.165) is 6.42 Å². The van der Waals surface area contributed by atoms with Crippen LogP contribution in [0.15, 0.2) is 30.3 Å². The number of amides is 1. The molecule has 0 spiro atoms. The second-order valence-electron chi connectivity index (χ2n) is 6.80. The Morgan fingerprint density at radius 3 is 2.71 bits per heavy atom. The van der Waals surface area contributed by atoms with Crippen LogP contribution in [-0.2, 0) is 11.2 Å². The van der Waals surface area contributed by atoms with Crippen molar-refractivity contribution in [2.24, 2.45) is 23.7 Å². The number of benzene rings is 1. The molecule has 0 saturated heterocycles. The predicted molar refractivity (Wildman–Crippen MR) is 82.6 cm³/mol. The minimum absolute atomic E-state index is 0.0223. The molecule has 3 heteroatoms. The van der Waals surface area contributed by atoms with E-state index in [2.05, 4.69) is 17.4 Å². The van der Waals surface area contributed by atoms with Crippen LogP contribution >= 0.6 is 0 Å². The Morgan fingerprint density at radius 1 is 1.29 bits per heavy atom. The van der Waals surface area contributed by atoms with Gasteiger partial charge in [0.25, 0.3) is 0 Å². The highest BCUT2D eigenvalue weighted by atomic mass is 16.3. The van der Waals surface area contributed by atoms with E-state index in [4.69, 9.17) is 0 Å². The molecule has 1 amide bonds. The molecule has 114 valence electrons. The number of nitrogens with one attached hydrogen (secondary N) is 1. The predicted octanol–water partition coefficient (Wildman–Crippen LogP) is 2.39. The Balaban J connectivity index is 1.58. The summed E-state index contributed by atoms with van der Waals surface area (Å²) in [6.45, 7) is 2.20. The lowest BCUT2D eigenvalue weighted by Crippen LogP contribution is -2.47. The van der Waals surface area contributed by atoms with E-state index >= 15 is 0 Å². The highest BCUT2D eigenvalue weighted by Crippen LogP contribution is 2.48. The molecule has 5 unspecified atom stereocenters. The minimum Gasteiger partial charge on any atom is -0.396 e. The topological polar surface area (TPSA) is 49.3 Å². The van der Waals surface area contributed by atoms with Crippen LogP contribution in [0.4, 0.5) is 0 Å². The Bertz CT molecular complexity index is 487. The molecule has 0 aliphatic heterocycles. The lowest BCUT2D eigenvalue weighted by Gasteiger charge is -2.31. The van der Waals surface area contributed by atoms with Crippen LogP contribution in [0.3, 0.4) is 0 Å². The van der Waals surface area contributed by atoms with Crippen molar-refractivity contribution < 1.29 is 9.90 Å². The summed E-state index contributed by atoms with van der Waals surface area (Å²) in [5.41, 5.74) is 1.20. The van der Waals surface area contributed by atoms with Crippen molar-refractivity contribution in [1.82, 2.24) is 5.32 Å². The summed E-state index contributed by atoms with van der Waals surface area (Å²) < 4.78 is 0. The van der Waals surface area contributed by atoms with Gasteiger partial charge in [-0.3, -0.25) is 4.79 Å². The highest BCUT2D eigenvalue weighted by molar-refractivity contribution is 5.79. The van der Waals surface area contributed by atoms with Crippen LogP contribution in [0, 0.1) is 23.7 Å². The molecular formula is C18H25NO2. The van der Waals surface area contributed by atoms with Crippen LogP contribution in [0.5, 0.6) is 0 Å². The van der Waals surface area contributed by atoms with E-state index in [1.165, 1.54) is 24.8 Å². The van der Waals surface area contributed by atoms with Gasteiger partial charge >= 0.3 is 0 Å².